The summed E-state index contributed by atoms with van der Waals surface area (Å²) in [6, 6.07) is 0.658. The second-order valence-electron chi connectivity index (χ2n) is 5.92. The number of hydrogen-bond acceptors (Lipinski definition) is 3. The molecule has 2 aliphatic rings. The van der Waals surface area contributed by atoms with E-state index in [1.807, 2.05) is 4.68 Å². The number of hydrogen-bond donors (Lipinski definition) is 1. The SMILES string of the molecule is CC(C)n1ncnc1CC(N)C1C2CCCC21. The van der Waals surface area contributed by atoms with Crippen molar-refractivity contribution in [3.05, 3.63) is 12.2 Å². The summed E-state index contributed by atoms with van der Waals surface area (Å²) in [6.45, 7) is 4.27. The van der Waals surface area contributed by atoms with Crippen molar-refractivity contribution < 1.29 is 0 Å². The molecule has 4 heteroatoms. The Kier molecular flexibility index (Phi) is 2.69. The summed E-state index contributed by atoms with van der Waals surface area (Å²) in [6.07, 6.45) is 6.76. The number of rotatable bonds is 4. The Balaban J connectivity index is 1.65. The van der Waals surface area contributed by atoms with Crippen LogP contribution in [0.5, 0.6) is 0 Å². The van der Waals surface area contributed by atoms with E-state index in [1.165, 1.54) is 19.3 Å². The third kappa shape index (κ3) is 1.88. The smallest absolute Gasteiger partial charge is 0.138 e. The van der Waals surface area contributed by atoms with Gasteiger partial charge in [-0.25, -0.2) is 9.67 Å². The van der Waals surface area contributed by atoms with E-state index in [2.05, 4.69) is 23.9 Å². The fourth-order valence-corrected chi connectivity index (χ4v) is 3.71. The average molecular weight is 234 g/mol. The Morgan fingerprint density at radius 1 is 1.41 bits per heavy atom. The number of fused-ring (bicyclic) bond motifs is 1. The fourth-order valence-electron chi connectivity index (χ4n) is 3.71. The van der Waals surface area contributed by atoms with E-state index in [0.717, 1.165) is 30.0 Å². The molecule has 1 heterocycles. The van der Waals surface area contributed by atoms with Crippen molar-refractivity contribution in [2.24, 2.45) is 23.5 Å². The third-order valence-electron chi connectivity index (χ3n) is 4.52. The highest BCUT2D eigenvalue weighted by Crippen LogP contribution is 2.58. The molecule has 0 radical (unpaired) electrons. The van der Waals surface area contributed by atoms with E-state index in [1.54, 1.807) is 6.33 Å². The van der Waals surface area contributed by atoms with Gasteiger partial charge in [-0.05, 0) is 44.4 Å². The lowest BCUT2D eigenvalue weighted by atomic mass is 10.0. The van der Waals surface area contributed by atoms with Crippen LogP contribution in [-0.2, 0) is 6.42 Å². The van der Waals surface area contributed by atoms with Crippen molar-refractivity contribution in [3.8, 4) is 0 Å². The molecule has 94 valence electrons. The molecule has 4 nitrogen and oxygen atoms in total. The van der Waals surface area contributed by atoms with Crippen LogP contribution >= 0.6 is 0 Å². The quantitative estimate of drug-likeness (QED) is 0.864. The Labute approximate surface area is 103 Å². The number of nitrogens with two attached hydrogens (primary N) is 1. The lowest BCUT2D eigenvalue weighted by Gasteiger charge is -2.15. The van der Waals surface area contributed by atoms with Gasteiger partial charge < -0.3 is 5.73 Å². The first-order valence-electron chi connectivity index (χ1n) is 6.82. The number of aromatic nitrogens is 3. The zero-order valence-corrected chi connectivity index (χ0v) is 10.7. The lowest BCUT2D eigenvalue weighted by Crippen LogP contribution is -2.29. The van der Waals surface area contributed by atoms with Gasteiger partial charge >= 0.3 is 0 Å². The molecule has 0 saturated heterocycles. The second kappa shape index (κ2) is 4.09. The topological polar surface area (TPSA) is 56.7 Å². The van der Waals surface area contributed by atoms with Crippen LogP contribution in [0.15, 0.2) is 6.33 Å². The van der Waals surface area contributed by atoms with Gasteiger partial charge in [0.25, 0.3) is 0 Å². The van der Waals surface area contributed by atoms with Crippen molar-refractivity contribution in [1.82, 2.24) is 14.8 Å². The van der Waals surface area contributed by atoms with E-state index in [-0.39, 0.29) is 6.04 Å². The minimum absolute atomic E-state index is 0.284. The fraction of sp³-hybridized carbons (Fsp3) is 0.846. The van der Waals surface area contributed by atoms with Crippen LogP contribution < -0.4 is 5.73 Å². The van der Waals surface area contributed by atoms with Crippen molar-refractivity contribution in [3.63, 3.8) is 0 Å². The van der Waals surface area contributed by atoms with Gasteiger partial charge in [0.2, 0.25) is 0 Å². The van der Waals surface area contributed by atoms with E-state index < -0.39 is 0 Å². The van der Waals surface area contributed by atoms with E-state index in [9.17, 15) is 0 Å². The molecule has 0 aromatic carbocycles. The predicted octanol–water partition coefficient (Wildman–Crippen LogP) is 1.77. The largest absolute Gasteiger partial charge is 0.327 e. The zero-order chi connectivity index (χ0) is 12.0. The van der Waals surface area contributed by atoms with Gasteiger partial charge in [-0.1, -0.05) is 6.42 Å². The minimum Gasteiger partial charge on any atom is -0.327 e. The molecule has 0 aliphatic heterocycles. The molecule has 1 aromatic rings. The van der Waals surface area contributed by atoms with Gasteiger partial charge in [-0.2, -0.15) is 5.10 Å². The summed E-state index contributed by atoms with van der Waals surface area (Å²) in [5.41, 5.74) is 6.35. The maximum Gasteiger partial charge on any atom is 0.138 e. The van der Waals surface area contributed by atoms with E-state index in [0.29, 0.717) is 6.04 Å². The highest BCUT2D eigenvalue weighted by molar-refractivity contribution is 5.07. The van der Waals surface area contributed by atoms with Crippen molar-refractivity contribution in [2.75, 3.05) is 0 Å². The van der Waals surface area contributed by atoms with Crippen LogP contribution in [0.2, 0.25) is 0 Å². The zero-order valence-electron chi connectivity index (χ0n) is 10.7. The second-order valence-corrected chi connectivity index (χ2v) is 5.92. The van der Waals surface area contributed by atoms with E-state index in [4.69, 9.17) is 5.73 Å². The molecule has 2 fully saturated rings. The first-order valence-corrected chi connectivity index (χ1v) is 6.82. The van der Waals surface area contributed by atoms with Gasteiger partial charge in [0, 0.05) is 18.5 Å². The molecule has 0 amide bonds. The Hall–Kier alpha value is -0.900. The van der Waals surface area contributed by atoms with Gasteiger partial charge in [-0.15, -0.1) is 0 Å². The Morgan fingerprint density at radius 3 is 2.76 bits per heavy atom. The maximum absolute atomic E-state index is 6.35. The first-order chi connectivity index (χ1) is 8.18. The Bertz CT molecular complexity index is 388. The molecule has 0 spiro atoms. The summed E-state index contributed by atoms with van der Waals surface area (Å²) < 4.78 is 2.00. The summed E-state index contributed by atoms with van der Waals surface area (Å²) in [7, 11) is 0. The highest BCUT2D eigenvalue weighted by atomic mass is 15.3. The monoisotopic (exact) mass is 234 g/mol. The van der Waals surface area contributed by atoms with Crippen LogP contribution in [0, 0.1) is 17.8 Å². The van der Waals surface area contributed by atoms with Crippen molar-refractivity contribution in [2.45, 2.75) is 51.6 Å². The Morgan fingerprint density at radius 2 is 2.12 bits per heavy atom. The van der Waals surface area contributed by atoms with Crippen LogP contribution in [0.25, 0.3) is 0 Å². The molecule has 17 heavy (non-hydrogen) atoms. The molecule has 3 atom stereocenters. The minimum atomic E-state index is 0.284. The van der Waals surface area contributed by atoms with Gasteiger partial charge in [0.15, 0.2) is 0 Å². The summed E-state index contributed by atoms with van der Waals surface area (Å²) in [4.78, 5) is 4.35. The molecular weight excluding hydrogens is 212 g/mol. The lowest BCUT2D eigenvalue weighted by molar-refractivity contribution is 0.446. The predicted molar refractivity (Wildman–Crippen MR) is 66.4 cm³/mol. The number of nitrogens with zero attached hydrogens (tertiary/aromatic N) is 3. The molecule has 3 unspecified atom stereocenters. The molecule has 0 bridgehead atoms. The van der Waals surface area contributed by atoms with Gasteiger partial charge in [0.1, 0.15) is 12.2 Å². The van der Waals surface area contributed by atoms with Crippen LogP contribution in [-0.4, -0.2) is 20.8 Å². The average Bonchev–Trinajstić information content (AvgIpc) is 2.71. The summed E-state index contributed by atoms with van der Waals surface area (Å²) in [5.74, 6) is 3.68. The van der Waals surface area contributed by atoms with Crippen LogP contribution in [0.1, 0.15) is 45.0 Å². The summed E-state index contributed by atoms with van der Waals surface area (Å²) >= 11 is 0. The maximum atomic E-state index is 6.35. The van der Waals surface area contributed by atoms with Crippen molar-refractivity contribution >= 4 is 0 Å². The van der Waals surface area contributed by atoms with Crippen LogP contribution in [0.3, 0.4) is 0 Å². The summed E-state index contributed by atoms with van der Waals surface area (Å²) in [5, 5.41) is 4.27. The van der Waals surface area contributed by atoms with Gasteiger partial charge in [-0.3, -0.25) is 0 Å². The molecule has 2 N–H and O–H groups in total. The van der Waals surface area contributed by atoms with Crippen LogP contribution in [0.4, 0.5) is 0 Å². The first kappa shape index (κ1) is 11.2. The molecule has 3 rings (SSSR count). The molecular formula is C13H22N4. The standard InChI is InChI=1S/C13H22N4/c1-8(2)17-12(15-7-16-17)6-11(14)13-9-4-3-5-10(9)13/h7-11,13H,3-6,14H2,1-2H3. The third-order valence-corrected chi connectivity index (χ3v) is 4.52. The van der Waals surface area contributed by atoms with Gasteiger partial charge in [0.05, 0.1) is 0 Å². The normalized spacial score (nSPS) is 32.8. The molecule has 2 aliphatic carbocycles. The molecule has 1 aromatic heterocycles. The molecule has 2 saturated carbocycles. The highest BCUT2D eigenvalue weighted by Gasteiger charge is 2.54. The van der Waals surface area contributed by atoms with Crippen molar-refractivity contribution in [1.29, 1.82) is 0 Å². The van der Waals surface area contributed by atoms with E-state index >= 15 is 0 Å².